The fourth-order valence-corrected chi connectivity index (χ4v) is 3.03. The Kier molecular flexibility index (Phi) is 3.30. The molecule has 2 aromatic rings. The molecule has 1 aromatic heterocycles. The number of hydrogen-bond acceptors (Lipinski definition) is 2. The molecule has 1 aliphatic heterocycles. The van der Waals surface area contributed by atoms with Crippen LogP contribution in [-0.2, 0) is 11.2 Å². The zero-order valence-corrected chi connectivity index (χ0v) is 12.3. The maximum absolute atomic E-state index is 11.7. The second-order valence-electron chi connectivity index (χ2n) is 5.14. The van der Waals surface area contributed by atoms with Gasteiger partial charge in [-0.2, -0.15) is 0 Å². The van der Waals surface area contributed by atoms with Crippen molar-refractivity contribution in [3.05, 3.63) is 53.0 Å². The van der Waals surface area contributed by atoms with Crippen LogP contribution in [0.25, 0.3) is 0 Å². The van der Waals surface area contributed by atoms with Crippen molar-refractivity contribution in [2.75, 3.05) is 11.9 Å². The second-order valence-corrected chi connectivity index (χ2v) is 5.57. The van der Waals surface area contributed by atoms with Crippen LogP contribution in [-0.4, -0.2) is 13.0 Å². The van der Waals surface area contributed by atoms with Gasteiger partial charge in [0.1, 0.15) is 5.76 Å². The van der Waals surface area contributed by atoms with Crippen LogP contribution in [0.2, 0.25) is 0 Å². The van der Waals surface area contributed by atoms with E-state index in [1.807, 2.05) is 32.2 Å². The zero-order chi connectivity index (χ0) is 14.3. The van der Waals surface area contributed by atoms with Crippen LogP contribution in [0.4, 0.5) is 5.69 Å². The highest BCUT2D eigenvalue weighted by Gasteiger charge is 2.23. The number of carbonyl (C=O) groups excluding carboxylic acids is 1. The Bertz CT molecular complexity index is 662. The van der Waals surface area contributed by atoms with Gasteiger partial charge < -0.3 is 9.32 Å². The molecule has 20 heavy (non-hydrogen) atoms. The number of amides is 1. The standard InChI is InChI=1S/C16H16ClNO2/c1-10-13(7-8-20-10)16(17)12-3-5-14-11(9-12)4-6-15(19)18(14)2/h3,5,7-9,16H,4,6H2,1-2H3. The summed E-state index contributed by atoms with van der Waals surface area (Å²) in [5.41, 5.74) is 4.19. The predicted octanol–water partition coefficient (Wildman–Crippen LogP) is 3.83. The van der Waals surface area contributed by atoms with Gasteiger partial charge in [-0.05, 0) is 36.6 Å². The van der Waals surface area contributed by atoms with Crippen molar-refractivity contribution in [1.82, 2.24) is 0 Å². The number of nitrogens with zero attached hydrogens (tertiary/aromatic N) is 1. The van der Waals surface area contributed by atoms with Crippen molar-refractivity contribution in [2.45, 2.75) is 25.1 Å². The van der Waals surface area contributed by atoms with E-state index in [1.54, 1.807) is 11.2 Å². The monoisotopic (exact) mass is 289 g/mol. The maximum atomic E-state index is 11.7. The van der Waals surface area contributed by atoms with Gasteiger partial charge in [0, 0.05) is 24.7 Å². The number of halogens is 1. The lowest BCUT2D eigenvalue weighted by molar-refractivity contribution is -0.118. The quantitative estimate of drug-likeness (QED) is 0.787. The highest BCUT2D eigenvalue weighted by molar-refractivity contribution is 6.22. The summed E-state index contributed by atoms with van der Waals surface area (Å²) >= 11 is 6.55. The lowest BCUT2D eigenvalue weighted by Gasteiger charge is -2.26. The highest BCUT2D eigenvalue weighted by atomic mass is 35.5. The zero-order valence-electron chi connectivity index (χ0n) is 11.5. The van der Waals surface area contributed by atoms with Crippen LogP contribution >= 0.6 is 11.6 Å². The first kappa shape index (κ1) is 13.3. The minimum absolute atomic E-state index is 0.165. The molecule has 0 bridgehead atoms. The molecule has 1 atom stereocenters. The molecule has 0 fully saturated rings. The largest absolute Gasteiger partial charge is 0.469 e. The van der Waals surface area contributed by atoms with Crippen LogP contribution in [0.3, 0.4) is 0 Å². The first-order chi connectivity index (χ1) is 9.58. The van der Waals surface area contributed by atoms with E-state index in [0.29, 0.717) is 6.42 Å². The molecule has 1 aliphatic rings. The summed E-state index contributed by atoms with van der Waals surface area (Å²) in [5, 5.41) is -0.220. The lowest BCUT2D eigenvalue weighted by atomic mass is 9.96. The van der Waals surface area contributed by atoms with Crippen molar-refractivity contribution >= 4 is 23.2 Å². The molecule has 3 nitrogen and oxygen atoms in total. The fourth-order valence-electron chi connectivity index (χ4n) is 2.67. The first-order valence-corrected chi connectivity index (χ1v) is 7.09. The van der Waals surface area contributed by atoms with E-state index in [0.717, 1.165) is 29.0 Å². The molecule has 0 spiro atoms. The van der Waals surface area contributed by atoms with Gasteiger partial charge >= 0.3 is 0 Å². The van der Waals surface area contributed by atoms with Gasteiger partial charge in [-0.15, -0.1) is 11.6 Å². The van der Waals surface area contributed by atoms with Crippen LogP contribution in [0.1, 0.15) is 34.2 Å². The summed E-state index contributed by atoms with van der Waals surface area (Å²) in [4.78, 5) is 13.4. The molecule has 0 saturated carbocycles. The minimum atomic E-state index is -0.220. The third-order valence-corrected chi connectivity index (χ3v) is 4.40. The van der Waals surface area contributed by atoms with E-state index >= 15 is 0 Å². The van der Waals surface area contributed by atoms with Gasteiger partial charge in [0.05, 0.1) is 11.6 Å². The van der Waals surface area contributed by atoms with Crippen molar-refractivity contribution in [3.8, 4) is 0 Å². The number of fused-ring (bicyclic) bond motifs is 1. The van der Waals surface area contributed by atoms with Crippen LogP contribution in [0, 0.1) is 6.92 Å². The first-order valence-electron chi connectivity index (χ1n) is 6.65. The Morgan fingerprint density at radius 1 is 1.30 bits per heavy atom. The van der Waals surface area contributed by atoms with Gasteiger partial charge in [-0.1, -0.05) is 12.1 Å². The van der Waals surface area contributed by atoms with Gasteiger partial charge in [0.15, 0.2) is 0 Å². The molecule has 0 saturated heterocycles. The number of hydrogen-bond donors (Lipinski definition) is 0. The summed E-state index contributed by atoms with van der Waals surface area (Å²) in [7, 11) is 1.82. The second kappa shape index (κ2) is 4.98. The summed E-state index contributed by atoms with van der Waals surface area (Å²) in [5.74, 6) is 1.01. The molecule has 3 rings (SSSR count). The number of furan rings is 1. The Morgan fingerprint density at radius 3 is 2.80 bits per heavy atom. The summed E-state index contributed by atoms with van der Waals surface area (Å²) in [6.45, 7) is 1.91. The number of rotatable bonds is 2. The molecular weight excluding hydrogens is 274 g/mol. The summed E-state index contributed by atoms with van der Waals surface area (Å²) in [6.07, 6.45) is 3.00. The molecule has 1 unspecified atom stereocenters. The normalized spacial score (nSPS) is 16.1. The van der Waals surface area contributed by atoms with Crippen LogP contribution in [0.5, 0.6) is 0 Å². The lowest BCUT2D eigenvalue weighted by Crippen LogP contribution is -2.31. The third-order valence-electron chi connectivity index (χ3n) is 3.91. The predicted molar refractivity (Wildman–Crippen MR) is 79.3 cm³/mol. The van der Waals surface area contributed by atoms with E-state index in [4.69, 9.17) is 16.0 Å². The van der Waals surface area contributed by atoms with Crippen molar-refractivity contribution in [3.63, 3.8) is 0 Å². The number of carbonyl (C=O) groups is 1. The Hall–Kier alpha value is -1.74. The third kappa shape index (κ3) is 2.12. The van der Waals surface area contributed by atoms with Gasteiger partial charge in [0.2, 0.25) is 5.91 Å². The van der Waals surface area contributed by atoms with E-state index in [-0.39, 0.29) is 11.3 Å². The molecule has 0 radical (unpaired) electrons. The van der Waals surface area contributed by atoms with Crippen LogP contribution < -0.4 is 4.90 Å². The van der Waals surface area contributed by atoms with Crippen molar-refractivity contribution in [1.29, 1.82) is 0 Å². The number of benzene rings is 1. The van der Waals surface area contributed by atoms with Crippen LogP contribution in [0.15, 0.2) is 34.9 Å². The SMILES string of the molecule is Cc1occc1C(Cl)c1ccc2c(c1)CCC(=O)N2C. The van der Waals surface area contributed by atoms with E-state index in [9.17, 15) is 4.79 Å². The Morgan fingerprint density at radius 2 is 2.10 bits per heavy atom. The average Bonchev–Trinajstić information content (AvgIpc) is 2.88. The van der Waals surface area contributed by atoms with Crippen molar-refractivity contribution in [2.24, 2.45) is 0 Å². The number of alkyl halides is 1. The summed E-state index contributed by atoms with van der Waals surface area (Å²) in [6, 6.07) is 7.97. The average molecular weight is 290 g/mol. The maximum Gasteiger partial charge on any atom is 0.227 e. The number of aryl methyl sites for hydroxylation is 2. The molecule has 4 heteroatoms. The fraction of sp³-hybridized carbons (Fsp3) is 0.312. The molecule has 2 heterocycles. The van der Waals surface area contributed by atoms with Gasteiger partial charge in [-0.3, -0.25) is 4.79 Å². The topological polar surface area (TPSA) is 33.5 Å². The molecule has 1 aromatic carbocycles. The van der Waals surface area contributed by atoms with E-state index in [2.05, 4.69) is 6.07 Å². The Labute approximate surface area is 123 Å². The molecule has 1 amide bonds. The number of anilines is 1. The van der Waals surface area contributed by atoms with Gasteiger partial charge in [-0.25, -0.2) is 0 Å². The Balaban J connectivity index is 1.97. The minimum Gasteiger partial charge on any atom is -0.469 e. The van der Waals surface area contributed by atoms with E-state index in [1.165, 1.54) is 5.56 Å². The van der Waals surface area contributed by atoms with E-state index < -0.39 is 0 Å². The molecule has 0 aliphatic carbocycles. The molecule has 0 N–H and O–H groups in total. The molecular formula is C16H16ClNO2. The summed E-state index contributed by atoms with van der Waals surface area (Å²) < 4.78 is 5.31. The van der Waals surface area contributed by atoms with Gasteiger partial charge in [0.25, 0.3) is 0 Å². The molecule has 104 valence electrons. The van der Waals surface area contributed by atoms with Crippen molar-refractivity contribution < 1.29 is 9.21 Å². The highest BCUT2D eigenvalue weighted by Crippen LogP contribution is 2.35. The smallest absolute Gasteiger partial charge is 0.227 e.